The first kappa shape index (κ1) is 11.5. The van der Waals surface area contributed by atoms with Crippen molar-refractivity contribution < 1.29 is 20.8 Å². The van der Waals surface area contributed by atoms with Crippen LogP contribution in [0.3, 0.4) is 0 Å². The van der Waals surface area contributed by atoms with Crippen molar-refractivity contribution in [2.75, 3.05) is 7.11 Å². The Morgan fingerprint density at radius 3 is 2.15 bits per heavy atom. The van der Waals surface area contributed by atoms with E-state index < -0.39 is 6.51 Å². The number of carbonyl (C=O) groups excluding carboxylic acids is 2. The van der Waals surface area contributed by atoms with Crippen molar-refractivity contribution in [1.82, 2.24) is 0 Å². The Labute approximate surface area is 141 Å². The van der Waals surface area contributed by atoms with Gasteiger partial charge in [-0.25, -0.2) is 0 Å². The molecule has 0 aliphatic carbocycles. The first-order valence-corrected chi connectivity index (χ1v) is 16.1. The van der Waals surface area contributed by atoms with Crippen molar-refractivity contribution >= 4 is 17.6 Å². The molecule has 0 radical (unpaired) electrons. The zero-order chi connectivity index (χ0) is 17.2. The quantitative estimate of drug-likeness (QED) is 0.527. The Hall–Kier alpha value is -1.38. The summed E-state index contributed by atoms with van der Waals surface area (Å²) in [7, 11) is 1.67. The van der Waals surface area contributed by atoms with Gasteiger partial charge in [0.1, 0.15) is 0 Å². The van der Waals surface area contributed by atoms with Crippen LogP contribution in [0, 0.1) is 0 Å². The molecule has 0 saturated carbocycles. The second-order valence-electron chi connectivity index (χ2n) is 12.8. The van der Waals surface area contributed by atoms with Crippen LogP contribution in [-0.2, 0) is 16.1 Å². The average molecular weight is 388 g/mol. The summed E-state index contributed by atoms with van der Waals surface area (Å²) in [5.41, 5.74) is 1.03. The molecule has 10 heterocycles. The van der Waals surface area contributed by atoms with E-state index in [2.05, 4.69) is 0 Å². The molecule has 3 nitrogen and oxygen atoms in total. The maximum absolute atomic E-state index is 13.7. The van der Waals surface area contributed by atoms with E-state index in [1.807, 2.05) is 43.3 Å². The molecule has 1 spiro atoms. The molecule has 0 amide bonds. The Morgan fingerprint density at radius 2 is 1.65 bits per heavy atom. The van der Waals surface area contributed by atoms with Gasteiger partial charge >= 0.3 is 141 Å². The van der Waals surface area contributed by atoms with Gasteiger partial charge in [0.05, 0.1) is 0 Å². The molecule has 8 atom stereocenters. The molecule has 11 rings (SSSR count). The fraction of sp³-hybridized carbons (Fsp3) is 0.545. The van der Waals surface area contributed by atoms with Gasteiger partial charge in [-0.2, -0.15) is 0 Å². The molecule has 8 unspecified atom stereocenters. The molecule has 134 valence electrons. The van der Waals surface area contributed by atoms with Crippen LogP contribution in [0.4, 0.5) is 0 Å². The summed E-state index contributed by atoms with van der Waals surface area (Å²) in [6.07, 6.45) is 3.90. The van der Waals surface area contributed by atoms with Crippen molar-refractivity contribution in [2.45, 2.75) is 54.1 Å². The normalized spacial score (nSPS) is 84.7. The van der Waals surface area contributed by atoms with E-state index >= 15 is 0 Å². The monoisotopic (exact) mass is 388 g/mol. The van der Waals surface area contributed by atoms with E-state index in [9.17, 15) is 9.59 Å². The first-order valence-electron chi connectivity index (χ1n) is 9.89. The first-order chi connectivity index (χ1) is 12.3. The number of ether oxygens (including phenoxy) is 1. The van der Waals surface area contributed by atoms with Crippen molar-refractivity contribution in [3.63, 3.8) is 0 Å². The Bertz CT molecular complexity index is 1530. The fourth-order valence-electron chi connectivity index (χ4n) is 19.2. The molecular formula is C22H20FeO3. The van der Waals surface area contributed by atoms with Gasteiger partial charge in [0, 0.05) is 0 Å². The molecule has 26 heavy (non-hydrogen) atoms. The van der Waals surface area contributed by atoms with E-state index in [0.717, 1.165) is 49.8 Å². The molecule has 10 aliphatic rings. The van der Waals surface area contributed by atoms with Gasteiger partial charge in [0.2, 0.25) is 0 Å². The van der Waals surface area contributed by atoms with Gasteiger partial charge in [-0.3, -0.25) is 0 Å². The molecule has 0 N–H and O–H groups in total. The Morgan fingerprint density at radius 1 is 1.04 bits per heavy atom. The fourth-order valence-corrected chi connectivity index (χ4v) is 95.4. The minimum absolute atomic E-state index is 0.0927. The van der Waals surface area contributed by atoms with Gasteiger partial charge < -0.3 is 0 Å². The van der Waals surface area contributed by atoms with Crippen LogP contribution in [0.5, 0.6) is 5.75 Å². The van der Waals surface area contributed by atoms with Crippen molar-refractivity contribution in [2.24, 2.45) is 0 Å². The molecule has 1 aromatic carbocycles. The third-order valence-corrected chi connectivity index (χ3v) is 60.1. The van der Waals surface area contributed by atoms with Crippen molar-refractivity contribution in [3.8, 4) is 5.75 Å². The summed E-state index contributed by atoms with van der Waals surface area (Å²) in [5, 5.41) is 0. The standard InChI is InChI=1S/C15H13O2.C7H7O.Fe/c1-17-14-8-4-5-12(11-14)9-10-15(16)13-6-2-3-7-13;1-6(8)7-4-2-3-5-7;/h2-11H,1H3;2-5H,1H3;. The molecule has 1 aromatic rings. The van der Waals surface area contributed by atoms with Gasteiger partial charge in [0.15, 0.2) is 0 Å². The second-order valence-corrected chi connectivity index (χ2v) is 36.0. The predicted octanol–water partition coefficient (Wildman–Crippen LogP) is 5.00. The third-order valence-electron chi connectivity index (χ3n) is 17.2. The van der Waals surface area contributed by atoms with Crippen LogP contribution < -0.4 is 4.74 Å². The van der Waals surface area contributed by atoms with Crippen molar-refractivity contribution in [1.29, 1.82) is 0 Å². The van der Waals surface area contributed by atoms with E-state index in [1.54, 1.807) is 7.11 Å². The third kappa shape index (κ3) is 0.164. The van der Waals surface area contributed by atoms with Crippen LogP contribution in [0.25, 0.3) is 6.08 Å². The number of benzene rings is 1. The molecular weight excluding hydrogens is 368 g/mol. The predicted molar refractivity (Wildman–Crippen MR) is 93.1 cm³/mol. The number of hydrogen-bond donors (Lipinski definition) is 0. The number of Topliss-reactive ketones (excluding diaryl/α,β-unsaturated/α-hetero) is 1. The van der Waals surface area contributed by atoms with Crippen LogP contribution in [0.2, 0.25) is 47.2 Å². The Balaban J connectivity index is 1.15. The molecule has 0 aromatic heterocycles. The summed E-state index contributed by atoms with van der Waals surface area (Å²) < 4.78 is 5.57. The number of rotatable bonds is 5. The molecule has 0 bridgehead atoms. The Kier molecular flexibility index (Phi) is 0.548. The molecule has 10 saturated heterocycles. The summed E-state index contributed by atoms with van der Waals surface area (Å²) in [6, 6.07) is 7.92. The van der Waals surface area contributed by atoms with E-state index in [4.69, 9.17) is 4.74 Å². The second kappa shape index (κ2) is 1.24. The summed E-state index contributed by atoms with van der Waals surface area (Å²) >= 11 is 0. The SMILES string of the molecule is COc1cccc(C=CC(=O)[C]23[CH]4[CH]5[CH]6[CH]2[Fe]56432789[CH]3[CH]2[CH]7[C]8(C(C)=O)[CH]39)c1. The van der Waals surface area contributed by atoms with Crippen LogP contribution in [0.15, 0.2) is 30.3 Å². The summed E-state index contributed by atoms with van der Waals surface area (Å²) in [4.78, 5) is 33.7. The van der Waals surface area contributed by atoms with E-state index in [-0.39, 0.29) is 8.63 Å². The van der Waals surface area contributed by atoms with Crippen LogP contribution in [0.1, 0.15) is 12.5 Å². The van der Waals surface area contributed by atoms with Crippen molar-refractivity contribution in [3.05, 3.63) is 35.9 Å². The van der Waals surface area contributed by atoms with E-state index in [0.29, 0.717) is 11.6 Å². The number of carbonyl (C=O) groups is 2. The van der Waals surface area contributed by atoms with E-state index in [1.165, 1.54) is 0 Å². The maximum atomic E-state index is 13.7. The summed E-state index contributed by atoms with van der Waals surface area (Å²) in [6.45, 7) is -2.00. The minimum atomic E-state index is -3.90. The average Bonchev–Trinajstić information content (AvgIpc) is 3.59. The number of ketones is 2. The molecule has 4 heteroatoms. The zero-order valence-corrected chi connectivity index (χ0v) is 15.8. The van der Waals surface area contributed by atoms with Gasteiger partial charge in [-0.1, -0.05) is 0 Å². The molecule has 10 aliphatic heterocycles. The van der Waals surface area contributed by atoms with Gasteiger partial charge in [-0.05, 0) is 0 Å². The van der Waals surface area contributed by atoms with Gasteiger partial charge in [0.25, 0.3) is 0 Å². The number of methoxy groups -OCH3 is 1. The summed E-state index contributed by atoms with van der Waals surface area (Å²) in [5.74, 6) is 1.81. The topological polar surface area (TPSA) is 43.4 Å². The zero-order valence-electron chi connectivity index (χ0n) is 14.7. The number of allylic oxidation sites excluding steroid dienone is 1. The van der Waals surface area contributed by atoms with Crippen LogP contribution in [-0.4, -0.2) is 18.7 Å². The molecule has 10 fully saturated rings. The number of hydrogen-bond acceptors (Lipinski definition) is 3. The van der Waals surface area contributed by atoms with Gasteiger partial charge in [-0.15, -0.1) is 0 Å². The van der Waals surface area contributed by atoms with Crippen LogP contribution >= 0.6 is 0 Å². The number of fused-ring (bicyclic) bond motifs is 10.